The van der Waals surface area contributed by atoms with E-state index in [1.807, 2.05) is 60.7 Å². The summed E-state index contributed by atoms with van der Waals surface area (Å²) in [7, 11) is -4.36. The molecule has 2 aliphatic rings. The van der Waals surface area contributed by atoms with Crippen molar-refractivity contribution in [2.45, 2.75) is 35.1 Å². The number of amides is 2. The summed E-state index contributed by atoms with van der Waals surface area (Å²) in [6, 6.07) is 33.6. The largest absolute Gasteiger partial charge is 0.508 e. The van der Waals surface area contributed by atoms with E-state index in [4.69, 9.17) is 4.74 Å². The summed E-state index contributed by atoms with van der Waals surface area (Å²) in [4.78, 5) is 50.6. The number of nitrogens with one attached hydrogen (secondary N) is 3. The van der Waals surface area contributed by atoms with Gasteiger partial charge in [-0.3, -0.25) is 14.5 Å². The summed E-state index contributed by atoms with van der Waals surface area (Å²) in [6.07, 6.45) is 0.777. The Balaban J connectivity index is 0.855. The lowest BCUT2D eigenvalue weighted by molar-refractivity contribution is -0.117. The number of piperazine rings is 1. The number of phenols is 1. The number of sulfonamides is 1. The SMILES string of the molecule is CC(C(=O)Nc1nc2ccccc2s1)c1cc(O)cc(N2CCN(c3ccc(C(=O)NS(=O)(=O)c4ccc(N[C@H](CCN5CCOCC5)CSc5ccccc5)c(N=O)c4)cc3)CC2)c1. The predicted molar refractivity (Wildman–Crippen MR) is 259 cm³/mol. The van der Waals surface area contributed by atoms with Crippen molar-refractivity contribution in [3.8, 4) is 5.75 Å². The number of para-hydroxylation sites is 1. The van der Waals surface area contributed by atoms with E-state index in [1.165, 1.54) is 29.5 Å². The van der Waals surface area contributed by atoms with Gasteiger partial charge in [0.25, 0.3) is 15.9 Å². The summed E-state index contributed by atoms with van der Waals surface area (Å²) in [6.45, 7) is 8.23. The van der Waals surface area contributed by atoms with Gasteiger partial charge in [-0.2, -0.15) is 0 Å². The summed E-state index contributed by atoms with van der Waals surface area (Å²) in [5.41, 5.74) is 3.64. The molecule has 18 heteroatoms. The number of thioether (sulfide) groups is 1. The van der Waals surface area contributed by atoms with Crippen LogP contribution in [0.25, 0.3) is 10.2 Å². The van der Waals surface area contributed by atoms with Gasteiger partial charge in [-0.25, -0.2) is 18.1 Å². The van der Waals surface area contributed by atoms with Crippen LogP contribution in [0.2, 0.25) is 0 Å². The third-order valence-corrected chi connectivity index (χ3v) is 15.0. The van der Waals surface area contributed by atoms with E-state index in [9.17, 15) is 28.0 Å². The number of morpholine rings is 1. The molecule has 1 aromatic heterocycles. The first-order valence-corrected chi connectivity index (χ1v) is 24.7. The highest BCUT2D eigenvalue weighted by Gasteiger charge is 2.25. The minimum absolute atomic E-state index is 0.0589. The minimum Gasteiger partial charge on any atom is -0.508 e. The van der Waals surface area contributed by atoms with Gasteiger partial charge in [0.2, 0.25) is 5.91 Å². The topological polar surface area (TPSA) is 186 Å². The van der Waals surface area contributed by atoms with Crippen LogP contribution < -0.4 is 25.2 Å². The molecule has 338 valence electrons. The zero-order valence-corrected chi connectivity index (χ0v) is 38.2. The molecule has 5 aromatic carbocycles. The predicted octanol–water partition coefficient (Wildman–Crippen LogP) is 7.88. The van der Waals surface area contributed by atoms with Crippen molar-refractivity contribution >= 4 is 83.0 Å². The van der Waals surface area contributed by atoms with Gasteiger partial charge < -0.3 is 30.3 Å². The lowest BCUT2D eigenvalue weighted by Gasteiger charge is -2.37. The van der Waals surface area contributed by atoms with Crippen LogP contribution in [0.1, 0.15) is 35.2 Å². The molecule has 2 saturated heterocycles. The molecule has 0 aliphatic carbocycles. The van der Waals surface area contributed by atoms with E-state index in [2.05, 4.69) is 40.2 Å². The van der Waals surface area contributed by atoms with Crippen LogP contribution in [0, 0.1) is 4.91 Å². The molecule has 1 unspecified atom stereocenters. The number of anilines is 4. The van der Waals surface area contributed by atoms with Gasteiger partial charge in [0.1, 0.15) is 11.4 Å². The maximum absolute atomic E-state index is 13.5. The molecule has 2 aliphatic heterocycles. The Morgan fingerprint density at radius 2 is 1.57 bits per heavy atom. The van der Waals surface area contributed by atoms with Crippen molar-refractivity contribution in [3.63, 3.8) is 0 Å². The van der Waals surface area contributed by atoms with Gasteiger partial charge in [0.15, 0.2) is 5.13 Å². The molecule has 3 heterocycles. The smallest absolute Gasteiger partial charge is 0.264 e. The van der Waals surface area contributed by atoms with Crippen molar-refractivity contribution in [2.24, 2.45) is 5.18 Å². The van der Waals surface area contributed by atoms with Crippen LogP contribution >= 0.6 is 23.1 Å². The van der Waals surface area contributed by atoms with E-state index in [-0.39, 0.29) is 33.8 Å². The molecule has 8 rings (SSSR count). The summed E-state index contributed by atoms with van der Waals surface area (Å²) in [5, 5.41) is 20.7. The quantitative estimate of drug-likeness (QED) is 0.0512. The zero-order valence-electron chi connectivity index (χ0n) is 35.8. The van der Waals surface area contributed by atoms with Gasteiger partial charge in [-0.05, 0) is 103 Å². The van der Waals surface area contributed by atoms with Crippen molar-refractivity contribution in [1.82, 2.24) is 14.6 Å². The number of aromatic nitrogens is 1. The number of ether oxygens (including phenoxy) is 1. The molecule has 0 saturated carbocycles. The first-order chi connectivity index (χ1) is 31.5. The second kappa shape index (κ2) is 20.8. The highest BCUT2D eigenvalue weighted by Crippen LogP contribution is 2.33. The number of hydrogen-bond acceptors (Lipinski definition) is 15. The van der Waals surface area contributed by atoms with Crippen molar-refractivity contribution in [1.29, 1.82) is 0 Å². The maximum Gasteiger partial charge on any atom is 0.264 e. The first kappa shape index (κ1) is 45.5. The van der Waals surface area contributed by atoms with Crippen LogP contribution in [-0.4, -0.2) is 106 Å². The normalized spacial score (nSPS) is 15.6. The monoisotopic (exact) mass is 934 g/mol. The van der Waals surface area contributed by atoms with E-state index in [0.717, 1.165) is 52.5 Å². The number of hydrogen-bond donors (Lipinski definition) is 4. The average molecular weight is 935 g/mol. The number of carbonyl (C=O) groups excluding carboxylic acids is 2. The Kier molecular flexibility index (Phi) is 14.6. The van der Waals surface area contributed by atoms with Crippen molar-refractivity contribution in [2.75, 3.05) is 85.2 Å². The standard InChI is InChI=1S/C47H50N8O7S3/c1-32(45(57)50-47-49-42-9-5-6-10-44(42)64-47)34-27-37(29-38(56)28-34)55-21-19-54(20-22-55)36-13-11-33(12-14-36)46(58)52-65(60,61)40-15-16-41(43(30-40)51-59)48-35(17-18-53-23-25-62-26-24-53)31-63-39-7-3-2-4-8-39/h2-16,27-30,32,35,48,56H,17-26,31H2,1H3,(H,52,58)(H,49,50,57)/t32?,35-/m1/s1. The Morgan fingerprint density at radius 3 is 2.29 bits per heavy atom. The Bertz CT molecular complexity index is 2690. The van der Waals surface area contributed by atoms with Crippen LogP contribution in [0.4, 0.5) is 27.9 Å². The molecule has 2 amide bonds. The molecule has 2 atom stereocenters. The Labute approximate surface area is 386 Å². The van der Waals surface area contributed by atoms with Crippen molar-refractivity contribution in [3.05, 3.63) is 131 Å². The van der Waals surface area contributed by atoms with E-state index < -0.39 is 21.8 Å². The number of nitrogens with zero attached hydrogens (tertiary/aromatic N) is 5. The maximum atomic E-state index is 13.5. The Hall–Kier alpha value is -6.05. The number of nitroso groups, excluding NO2 is 1. The molecule has 15 nitrogen and oxygen atoms in total. The molecular weight excluding hydrogens is 885 g/mol. The summed E-state index contributed by atoms with van der Waals surface area (Å²) >= 11 is 3.10. The molecule has 6 aromatic rings. The average Bonchev–Trinajstić information content (AvgIpc) is 3.75. The molecule has 0 radical (unpaired) electrons. The highest BCUT2D eigenvalue weighted by atomic mass is 32.2. The van der Waals surface area contributed by atoms with E-state index in [0.29, 0.717) is 61.5 Å². The summed E-state index contributed by atoms with van der Waals surface area (Å²) < 4.78 is 35.6. The van der Waals surface area contributed by atoms with E-state index >= 15 is 0 Å². The fraction of sp³-hybridized carbons (Fsp3) is 0.298. The fourth-order valence-corrected chi connectivity index (χ4v) is 10.7. The second-order valence-corrected chi connectivity index (χ2v) is 19.7. The number of thiazole rings is 1. The zero-order chi connectivity index (χ0) is 45.3. The highest BCUT2D eigenvalue weighted by molar-refractivity contribution is 7.99. The molecule has 2 fully saturated rings. The van der Waals surface area contributed by atoms with Gasteiger partial charge in [-0.1, -0.05) is 41.7 Å². The molecule has 0 spiro atoms. The number of aromatic hydroxyl groups is 1. The summed E-state index contributed by atoms with van der Waals surface area (Å²) in [5.74, 6) is -0.808. The van der Waals surface area contributed by atoms with Crippen molar-refractivity contribution < 1.29 is 27.9 Å². The van der Waals surface area contributed by atoms with Crippen LogP contribution in [0.3, 0.4) is 0 Å². The molecule has 0 bridgehead atoms. The lowest BCUT2D eigenvalue weighted by Crippen LogP contribution is -2.46. The second-order valence-electron chi connectivity index (χ2n) is 15.9. The van der Waals surface area contributed by atoms with Crippen LogP contribution in [0.5, 0.6) is 5.75 Å². The first-order valence-electron chi connectivity index (χ1n) is 21.4. The third-order valence-electron chi connectivity index (χ3n) is 11.5. The van der Waals surface area contributed by atoms with Gasteiger partial charge in [0.05, 0.1) is 39.9 Å². The van der Waals surface area contributed by atoms with Gasteiger partial charge in [-0.15, -0.1) is 16.7 Å². The third kappa shape index (κ3) is 11.6. The number of rotatable bonds is 17. The lowest BCUT2D eigenvalue weighted by atomic mass is 9.99. The number of fused-ring (bicyclic) bond motifs is 1. The minimum atomic E-state index is -4.36. The molecular formula is C47H50N8O7S3. The number of phenolic OH excluding ortho intramolecular Hbond substituents is 1. The number of carbonyl (C=O) groups is 2. The fourth-order valence-electron chi connectivity index (χ4n) is 7.80. The van der Waals surface area contributed by atoms with Gasteiger partial charge in [0, 0.05) is 85.5 Å². The number of benzene rings is 5. The Morgan fingerprint density at radius 1 is 0.862 bits per heavy atom. The van der Waals surface area contributed by atoms with Gasteiger partial charge >= 0.3 is 0 Å². The van der Waals surface area contributed by atoms with Crippen LogP contribution in [0.15, 0.2) is 130 Å². The van der Waals surface area contributed by atoms with Crippen LogP contribution in [-0.2, 0) is 19.6 Å². The molecule has 65 heavy (non-hydrogen) atoms. The van der Waals surface area contributed by atoms with E-state index in [1.54, 1.807) is 55.1 Å². The molecule has 4 N–H and O–H groups in total.